The molecule has 1 fully saturated rings. The van der Waals surface area contributed by atoms with Gasteiger partial charge in [0.2, 0.25) is 0 Å². The van der Waals surface area contributed by atoms with E-state index in [0.29, 0.717) is 5.41 Å². The molecule has 0 heteroatoms. The summed E-state index contributed by atoms with van der Waals surface area (Å²) in [5.41, 5.74) is 0.510. The third-order valence-electron chi connectivity index (χ3n) is 3.83. The molecule has 0 aromatic heterocycles. The average Bonchev–Trinajstić information content (AvgIpc) is 1.99. The zero-order chi connectivity index (χ0) is 9.35. The average molecular weight is 166 g/mol. The van der Waals surface area contributed by atoms with Crippen molar-refractivity contribution in [2.45, 2.75) is 40.5 Å². The Bertz CT molecular complexity index is 167. The molecule has 0 nitrogen and oxygen atoms in total. The van der Waals surface area contributed by atoms with Crippen molar-refractivity contribution in [3.05, 3.63) is 12.7 Å². The van der Waals surface area contributed by atoms with Crippen LogP contribution in [0.15, 0.2) is 12.7 Å². The number of hydrogen-bond acceptors (Lipinski definition) is 0. The van der Waals surface area contributed by atoms with Gasteiger partial charge in [0.05, 0.1) is 0 Å². The number of allylic oxidation sites excluding steroid dienone is 1. The van der Waals surface area contributed by atoms with Gasteiger partial charge in [0.15, 0.2) is 0 Å². The molecule has 0 bridgehead atoms. The highest BCUT2D eigenvalue weighted by Gasteiger charge is 2.44. The van der Waals surface area contributed by atoms with Gasteiger partial charge < -0.3 is 0 Å². The van der Waals surface area contributed by atoms with Crippen molar-refractivity contribution in [3.63, 3.8) is 0 Å². The van der Waals surface area contributed by atoms with Crippen LogP contribution in [0.25, 0.3) is 0 Å². The first-order valence-corrected chi connectivity index (χ1v) is 5.15. The molecule has 1 rings (SSSR count). The van der Waals surface area contributed by atoms with E-state index in [1.54, 1.807) is 0 Å². The summed E-state index contributed by atoms with van der Waals surface area (Å²) in [6, 6.07) is 0. The molecule has 1 aliphatic carbocycles. The van der Waals surface area contributed by atoms with E-state index in [2.05, 4.69) is 40.3 Å². The minimum Gasteiger partial charge on any atom is -0.103 e. The summed E-state index contributed by atoms with van der Waals surface area (Å²) in [4.78, 5) is 0. The van der Waals surface area contributed by atoms with Crippen molar-refractivity contribution < 1.29 is 0 Å². The van der Waals surface area contributed by atoms with Gasteiger partial charge in [0, 0.05) is 0 Å². The van der Waals surface area contributed by atoms with Crippen LogP contribution in [0.4, 0.5) is 0 Å². The molecule has 3 atom stereocenters. The van der Waals surface area contributed by atoms with Crippen molar-refractivity contribution in [1.82, 2.24) is 0 Å². The lowest BCUT2D eigenvalue weighted by atomic mass is 9.54. The Kier molecular flexibility index (Phi) is 2.65. The zero-order valence-corrected chi connectivity index (χ0v) is 8.93. The summed E-state index contributed by atoms with van der Waals surface area (Å²) in [6.07, 6.45) is 4.80. The predicted octanol–water partition coefficient (Wildman–Crippen LogP) is 3.88. The van der Waals surface area contributed by atoms with Crippen LogP contribution in [0.1, 0.15) is 40.5 Å². The van der Waals surface area contributed by atoms with Crippen LogP contribution in [-0.2, 0) is 0 Å². The lowest BCUT2D eigenvalue weighted by Crippen LogP contribution is -2.43. The first kappa shape index (κ1) is 9.83. The second kappa shape index (κ2) is 3.24. The zero-order valence-electron chi connectivity index (χ0n) is 8.93. The highest BCUT2D eigenvalue weighted by atomic mass is 14.5. The second-order valence-electron chi connectivity index (χ2n) is 4.98. The first-order valence-electron chi connectivity index (χ1n) is 5.15. The Labute approximate surface area is 77.1 Å². The predicted molar refractivity (Wildman–Crippen MR) is 55.0 cm³/mol. The standard InChI is InChI=1S/C12H22/c1-6-10-8-9(3)11(10)12(4,5)7-2/h6,9-11H,1,7-8H2,2-5H3. The minimum absolute atomic E-state index is 0.510. The third kappa shape index (κ3) is 1.44. The van der Waals surface area contributed by atoms with Crippen LogP contribution >= 0.6 is 0 Å². The van der Waals surface area contributed by atoms with Crippen molar-refractivity contribution in [3.8, 4) is 0 Å². The molecular weight excluding hydrogens is 144 g/mol. The van der Waals surface area contributed by atoms with E-state index < -0.39 is 0 Å². The molecule has 0 heterocycles. The summed E-state index contributed by atoms with van der Waals surface area (Å²) < 4.78 is 0. The first-order chi connectivity index (χ1) is 5.53. The molecule has 0 aliphatic heterocycles. The molecule has 0 amide bonds. The quantitative estimate of drug-likeness (QED) is 0.558. The molecule has 0 N–H and O–H groups in total. The number of rotatable bonds is 3. The summed E-state index contributed by atoms with van der Waals surface area (Å²) in [7, 11) is 0. The monoisotopic (exact) mass is 166 g/mol. The van der Waals surface area contributed by atoms with Crippen LogP contribution in [0, 0.1) is 23.2 Å². The fourth-order valence-electron chi connectivity index (χ4n) is 2.78. The summed E-state index contributed by atoms with van der Waals surface area (Å²) in [5, 5.41) is 0. The summed E-state index contributed by atoms with van der Waals surface area (Å²) >= 11 is 0. The van der Waals surface area contributed by atoms with Gasteiger partial charge in [-0.3, -0.25) is 0 Å². The Morgan fingerprint density at radius 2 is 2.08 bits per heavy atom. The third-order valence-corrected chi connectivity index (χ3v) is 3.83. The molecule has 12 heavy (non-hydrogen) atoms. The molecule has 0 aromatic rings. The number of hydrogen-bond donors (Lipinski definition) is 0. The normalized spacial score (nSPS) is 35.8. The maximum Gasteiger partial charge on any atom is -0.0198 e. The van der Waals surface area contributed by atoms with Gasteiger partial charge in [-0.1, -0.05) is 40.2 Å². The molecule has 0 saturated heterocycles. The molecule has 1 aliphatic rings. The van der Waals surface area contributed by atoms with Crippen LogP contribution in [-0.4, -0.2) is 0 Å². The molecule has 0 spiro atoms. The van der Waals surface area contributed by atoms with E-state index in [4.69, 9.17) is 0 Å². The highest BCUT2D eigenvalue weighted by Crippen LogP contribution is 2.52. The Balaban J connectivity index is 2.66. The molecule has 0 aromatic carbocycles. The molecule has 3 unspecified atom stereocenters. The SMILES string of the molecule is C=CC1CC(C)C1C(C)(C)CC. The van der Waals surface area contributed by atoms with Crippen LogP contribution in [0.3, 0.4) is 0 Å². The maximum absolute atomic E-state index is 3.92. The summed E-state index contributed by atoms with van der Waals surface area (Å²) in [6.45, 7) is 13.4. The van der Waals surface area contributed by atoms with Crippen LogP contribution in [0.2, 0.25) is 0 Å². The molecule has 70 valence electrons. The smallest absolute Gasteiger partial charge is 0.0198 e. The van der Waals surface area contributed by atoms with E-state index >= 15 is 0 Å². The largest absolute Gasteiger partial charge is 0.103 e. The van der Waals surface area contributed by atoms with E-state index in [1.165, 1.54) is 12.8 Å². The molecule has 1 saturated carbocycles. The maximum atomic E-state index is 3.92. The Morgan fingerprint density at radius 1 is 1.50 bits per heavy atom. The van der Waals surface area contributed by atoms with Gasteiger partial charge in [0.25, 0.3) is 0 Å². The van der Waals surface area contributed by atoms with Gasteiger partial charge in [-0.2, -0.15) is 0 Å². The van der Waals surface area contributed by atoms with Gasteiger partial charge in [0.1, 0.15) is 0 Å². The van der Waals surface area contributed by atoms with Crippen LogP contribution < -0.4 is 0 Å². The van der Waals surface area contributed by atoms with Crippen LogP contribution in [0.5, 0.6) is 0 Å². The summed E-state index contributed by atoms with van der Waals surface area (Å²) in [5.74, 6) is 2.57. The molecular formula is C12H22. The lowest BCUT2D eigenvalue weighted by molar-refractivity contribution is 0.00485. The van der Waals surface area contributed by atoms with E-state index in [1.807, 2.05) is 0 Å². The van der Waals surface area contributed by atoms with Crippen molar-refractivity contribution in [2.24, 2.45) is 23.2 Å². The van der Waals surface area contributed by atoms with Gasteiger partial charge in [-0.25, -0.2) is 0 Å². The van der Waals surface area contributed by atoms with E-state index in [0.717, 1.165) is 17.8 Å². The fraction of sp³-hybridized carbons (Fsp3) is 0.833. The second-order valence-corrected chi connectivity index (χ2v) is 4.98. The minimum atomic E-state index is 0.510. The van der Waals surface area contributed by atoms with Crippen molar-refractivity contribution in [2.75, 3.05) is 0 Å². The molecule has 0 radical (unpaired) electrons. The topological polar surface area (TPSA) is 0 Å². The van der Waals surface area contributed by atoms with Gasteiger partial charge in [-0.05, 0) is 29.6 Å². The van der Waals surface area contributed by atoms with Crippen molar-refractivity contribution in [1.29, 1.82) is 0 Å². The van der Waals surface area contributed by atoms with E-state index in [-0.39, 0.29) is 0 Å². The van der Waals surface area contributed by atoms with Gasteiger partial charge in [-0.15, -0.1) is 6.58 Å². The fourth-order valence-corrected chi connectivity index (χ4v) is 2.78. The van der Waals surface area contributed by atoms with E-state index in [9.17, 15) is 0 Å². The Hall–Kier alpha value is -0.260. The van der Waals surface area contributed by atoms with Gasteiger partial charge >= 0.3 is 0 Å². The highest BCUT2D eigenvalue weighted by molar-refractivity contribution is 5.01. The van der Waals surface area contributed by atoms with Crippen molar-refractivity contribution >= 4 is 0 Å². The Morgan fingerprint density at radius 3 is 2.42 bits per heavy atom. The lowest BCUT2D eigenvalue weighted by Gasteiger charge is -2.50.